The van der Waals surface area contributed by atoms with Crippen molar-refractivity contribution in [1.82, 2.24) is 0 Å². The Kier molecular flexibility index (Phi) is 36.3. The van der Waals surface area contributed by atoms with E-state index in [1.807, 2.05) is 33.3 Å². The number of phosphoric ester groups is 1. The van der Waals surface area contributed by atoms with Crippen molar-refractivity contribution in [3.63, 3.8) is 0 Å². The van der Waals surface area contributed by atoms with Gasteiger partial charge in [-0.3, -0.25) is 14.2 Å². The van der Waals surface area contributed by atoms with Gasteiger partial charge in [0.15, 0.2) is 6.10 Å². The molecule has 0 aliphatic carbocycles. The molecular weight excluding hydrogens is 725 g/mol. The molecule has 0 aliphatic heterocycles. The number of esters is 2. The van der Waals surface area contributed by atoms with Crippen molar-refractivity contribution in [3.05, 3.63) is 72.9 Å². The predicted octanol–water partition coefficient (Wildman–Crippen LogP) is 11.6. The summed E-state index contributed by atoms with van der Waals surface area (Å²) in [5.74, 6) is -0.936. The smallest absolute Gasteiger partial charge is 0.306 e. The number of unbranched alkanes of at least 4 members (excludes halogenated alkanes) is 12. The van der Waals surface area contributed by atoms with Gasteiger partial charge in [0, 0.05) is 12.8 Å². The highest BCUT2D eigenvalue weighted by Gasteiger charge is 2.21. The van der Waals surface area contributed by atoms with Crippen LogP contribution in [0, 0.1) is 0 Å². The molecule has 0 spiro atoms. The Morgan fingerprint density at radius 1 is 0.571 bits per heavy atom. The molecule has 0 saturated heterocycles. The van der Waals surface area contributed by atoms with Gasteiger partial charge in [0.25, 0.3) is 7.82 Å². The molecular formula is C46H80NO8P. The van der Waals surface area contributed by atoms with E-state index in [2.05, 4.69) is 74.6 Å². The second kappa shape index (κ2) is 38.0. The van der Waals surface area contributed by atoms with E-state index in [0.717, 1.165) is 57.8 Å². The Morgan fingerprint density at radius 2 is 1.02 bits per heavy atom. The summed E-state index contributed by atoms with van der Waals surface area (Å²) in [6.07, 6.45) is 46.6. The van der Waals surface area contributed by atoms with E-state index < -0.39 is 32.5 Å². The highest BCUT2D eigenvalue weighted by Crippen LogP contribution is 2.38. The van der Waals surface area contributed by atoms with Crippen LogP contribution in [0.3, 0.4) is 0 Å². The molecule has 1 unspecified atom stereocenters. The number of allylic oxidation sites excluding steroid dienone is 12. The number of ether oxygens (including phenoxy) is 2. The number of carbonyl (C=O) groups is 2. The van der Waals surface area contributed by atoms with Gasteiger partial charge in [-0.25, -0.2) is 0 Å². The van der Waals surface area contributed by atoms with Crippen LogP contribution in [0.15, 0.2) is 72.9 Å². The fraction of sp³-hybridized carbons (Fsp3) is 0.696. The third kappa shape index (κ3) is 41.1. The average Bonchev–Trinajstić information content (AvgIpc) is 3.15. The van der Waals surface area contributed by atoms with Gasteiger partial charge in [-0.15, -0.1) is 0 Å². The predicted molar refractivity (Wildman–Crippen MR) is 231 cm³/mol. The highest BCUT2D eigenvalue weighted by atomic mass is 31.2. The summed E-state index contributed by atoms with van der Waals surface area (Å²) in [5, 5.41) is 0. The monoisotopic (exact) mass is 806 g/mol. The van der Waals surface area contributed by atoms with E-state index in [-0.39, 0.29) is 26.1 Å². The van der Waals surface area contributed by atoms with Crippen molar-refractivity contribution in [1.29, 1.82) is 0 Å². The maximum Gasteiger partial charge on any atom is 0.306 e. The molecule has 0 aliphatic rings. The summed E-state index contributed by atoms with van der Waals surface area (Å²) in [7, 11) is 1.11. The van der Waals surface area contributed by atoms with Crippen LogP contribution in [-0.2, 0) is 32.7 Å². The summed E-state index contributed by atoms with van der Waals surface area (Å²) in [4.78, 5) is 37.5. The van der Waals surface area contributed by atoms with E-state index in [4.69, 9.17) is 18.5 Å². The van der Waals surface area contributed by atoms with Gasteiger partial charge < -0.3 is 27.9 Å². The van der Waals surface area contributed by atoms with Crippen molar-refractivity contribution in [2.24, 2.45) is 0 Å². The van der Waals surface area contributed by atoms with Crippen LogP contribution in [0.2, 0.25) is 0 Å². The van der Waals surface area contributed by atoms with E-state index in [1.165, 1.54) is 64.2 Å². The van der Waals surface area contributed by atoms with Gasteiger partial charge in [-0.1, -0.05) is 164 Å². The van der Waals surface area contributed by atoms with E-state index in [1.54, 1.807) is 0 Å². The van der Waals surface area contributed by atoms with E-state index in [0.29, 0.717) is 17.4 Å². The molecule has 0 rings (SSSR count). The standard InChI is InChI=1S/C46H80NO8P/c1-6-8-10-12-14-16-18-20-21-22-23-24-25-27-29-31-33-35-37-39-46(49)55-44(43-54-56(50,51)53-41-40-47(3,4)5)42-52-45(48)38-36-34-32-30-28-26-19-17-15-13-11-9-7-2/h8,10,14,16,20-21,23-24,27,29,33,35,44H,6-7,9,11-13,15,17-19,22,25-26,28,30-32,34,36-43H2,1-5H3/t44-/m1/s1. The molecule has 9 nitrogen and oxygen atoms in total. The van der Waals surface area contributed by atoms with Crippen molar-refractivity contribution >= 4 is 19.8 Å². The number of phosphoric acid groups is 1. The Hall–Kier alpha value is -2.55. The summed E-state index contributed by atoms with van der Waals surface area (Å²) in [6.45, 7) is 4.01. The lowest BCUT2D eigenvalue weighted by molar-refractivity contribution is -0.870. The molecule has 322 valence electrons. The maximum atomic E-state index is 12.6. The first-order valence-corrected chi connectivity index (χ1v) is 23.1. The number of likely N-dealkylation sites (N-methyl/N-ethyl adjacent to an activating group) is 1. The van der Waals surface area contributed by atoms with Crippen molar-refractivity contribution in [2.75, 3.05) is 47.5 Å². The topological polar surface area (TPSA) is 111 Å². The highest BCUT2D eigenvalue weighted by molar-refractivity contribution is 7.45. The van der Waals surface area contributed by atoms with Crippen LogP contribution in [0.25, 0.3) is 0 Å². The summed E-state index contributed by atoms with van der Waals surface area (Å²) in [6, 6.07) is 0. The van der Waals surface area contributed by atoms with Gasteiger partial charge in [-0.05, 0) is 51.4 Å². The molecule has 0 N–H and O–H groups in total. The number of hydrogen-bond acceptors (Lipinski definition) is 8. The molecule has 2 atom stereocenters. The number of rotatable bonds is 38. The van der Waals surface area contributed by atoms with Crippen molar-refractivity contribution in [3.8, 4) is 0 Å². The van der Waals surface area contributed by atoms with Crippen LogP contribution < -0.4 is 4.89 Å². The van der Waals surface area contributed by atoms with Crippen LogP contribution in [0.4, 0.5) is 0 Å². The molecule has 0 fully saturated rings. The number of hydrogen-bond donors (Lipinski definition) is 0. The molecule has 0 bridgehead atoms. The lowest BCUT2D eigenvalue weighted by atomic mass is 10.0. The second-order valence-corrected chi connectivity index (χ2v) is 16.7. The molecule has 0 aromatic rings. The first-order chi connectivity index (χ1) is 27.0. The van der Waals surface area contributed by atoms with Gasteiger partial charge in [0.1, 0.15) is 19.8 Å². The lowest BCUT2D eigenvalue weighted by Gasteiger charge is -2.28. The molecule has 0 radical (unpaired) electrons. The normalized spacial score (nSPS) is 14.3. The summed E-state index contributed by atoms with van der Waals surface area (Å²) >= 11 is 0. The largest absolute Gasteiger partial charge is 0.756 e. The number of quaternary nitrogens is 1. The Balaban J connectivity index is 4.51. The molecule has 0 heterocycles. The molecule has 0 aromatic heterocycles. The summed E-state index contributed by atoms with van der Waals surface area (Å²) in [5.41, 5.74) is 0. The van der Waals surface area contributed by atoms with Gasteiger partial charge in [0.05, 0.1) is 27.7 Å². The fourth-order valence-electron chi connectivity index (χ4n) is 5.39. The Bertz CT molecular complexity index is 1180. The molecule has 0 saturated carbocycles. The first kappa shape index (κ1) is 53.5. The third-order valence-corrected chi connectivity index (χ3v) is 9.72. The second-order valence-electron chi connectivity index (χ2n) is 15.3. The van der Waals surface area contributed by atoms with Crippen LogP contribution in [0.1, 0.15) is 155 Å². The summed E-state index contributed by atoms with van der Waals surface area (Å²) < 4.78 is 33.8. The quantitative estimate of drug-likeness (QED) is 0.0199. The Morgan fingerprint density at radius 3 is 1.48 bits per heavy atom. The fourth-order valence-corrected chi connectivity index (χ4v) is 6.11. The van der Waals surface area contributed by atoms with Crippen molar-refractivity contribution < 1.29 is 42.1 Å². The maximum absolute atomic E-state index is 12.6. The zero-order chi connectivity index (χ0) is 41.4. The lowest BCUT2D eigenvalue weighted by Crippen LogP contribution is -2.37. The first-order valence-electron chi connectivity index (χ1n) is 21.6. The van der Waals surface area contributed by atoms with Crippen LogP contribution >= 0.6 is 7.82 Å². The van der Waals surface area contributed by atoms with Gasteiger partial charge in [-0.2, -0.15) is 0 Å². The number of nitrogens with zero attached hydrogens (tertiary/aromatic N) is 1. The van der Waals surface area contributed by atoms with Crippen molar-refractivity contribution in [2.45, 2.75) is 161 Å². The van der Waals surface area contributed by atoms with Gasteiger partial charge >= 0.3 is 11.9 Å². The molecule has 10 heteroatoms. The van der Waals surface area contributed by atoms with Gasteiger partial charge in [0.2, 0.25) is 0 Å². The minimum Gasteiger partial charge on any atom is -0.756 e. The SMILES string of the molecule is CCC=CCC=CCC=CCC=CCC=CCC=CCCC(=O)O[C@H](COC(=O)CCCCCCCCCCCCCCC)COP(=O)([O-])OCC[N+](C)(C)C. The average molecular weight is 806 g/mol. The number of carbonyl (C=O) groups excluding carboxylic acids is 2. The molecule has 56 heavy (non-hydrogen) atoms. The minimum absolute atomic E-state index is 0.0468. The molecule has 0 amide bonds. The van der Waals surface area contributed by atoms with Crippen LogP contribution in [0.5, 0.6) is 0 Å². The Labute approximate surface area is 342 Å². The zero-order valence-corrected chi connectivity index (χ0v) is 36.9. The van der Waals surface area contributed by atoms with E-state index in [9.17, 15) is 19.0 Å². The minimum atomic E-state index is -4.65. The third-order valence-electron chi connectivity index (χ3n) is 8.75. The van der Waals surface area contributed by atoms with E-state index >= 15 is 0 Å². The molecule has 0 aromatic carbocycles. The van der Waals surface area contributed by atoms with Crippen LogP contribution in [-0.4, -0.2) is 70.0 Å². The zero-order valence-electron chi connectivity index (χ0n) is 36.1.